The van der Waals surface area contributed by atoms with Gasteiger partial charge in [-0.2, -0.15) is 11.3 Å². The number of amides is 1. The fraction of sp³-hybridized carbons (Fsp3) is 0.333. The lowest BCUT2D eigenvalue weighted by molar-refractivity contribution is -0.120. The van der Waals surface area contributed by atoms with Crippen molar-refractivity contribution in [2.45, 2.75) is 26.3 Å². The summed E-state index contributed by atoms with van der Waals surface area (Å²) in [6.07, 6.45) is 0.0781. The summed E-state index contributed by atoms with van der Waals surface area (Å²) in [5, 5.41) is 8.13. The zero-order chi connectivity index (χ0) is 19.2. The third-order valence-corrected chi connectivity index (χ3v) is 5.56. The number of hydrogen-bond donors (Lipinski definition) is 2. The number of aromatic amines is 1. The van der Waals surface area contributed by atoms with E-state index in [1.165, 1.54) is 5.56 Å². The van der Waals surface area contributed by atoms with Gasteiger partial charge in [-0.3, -0.25) is 14.5 Å². The number of thiophene rings is 1. The Balaban J connectivity index is 1.69. The summed E-state index contributed by atoms with van der Waals surface area (Å²) >= 11 is 1.66. The summed E-state index contributed by atoms with van der Waals surface area (Å²) in [4.78, 5) is 29.9. The second kappa shape index (κ2) is 8.97. The number of rotatable bonds is 8. The van der Waals surface area contributed by atoms with Crippen LogP contribution in [0.15, 0.2) is 52.0 Å². The Morgan fingerprint density at radius 1 is 1.22 bits per heavy atom. The van der Waals surface area contributed by atoms with E-state index in [0.29, 0.717) is 12.1 Å². The molecular formula is C21H25N3O2S. The molecule has 142 valence electrons. The summed E-state index contributed by atoms with van der Waals surface area (Å²) in [6.45, 7) is 6.61. The fourth-order valence-corrected chi connectivity index (χ4v) is 4.06. The number of carbonyl (C=O) groups is 1. The molecule has 0 aliphatic carbocycles. The van der Waals surface area contributed by atoms with Gasteiger partial charge < -0.3 is 10.3 Å². The maximum Gasteiger partial charge on any atom is 0.252 e. The van der Waals surface area contributed by atoms with Crippen molar-refractivity contribution < 1.29 is 4.79 Å². The molecule has 1 aromatic carbocycles. The van der Waals surface area contributed by atoms with Crippen molar-refractivity contribution in [3.63, 3.8) is 0 Å². The SMILES string of the molecule is CCN(CC)[C@H](CNC(=O)Cc1cc2ccccc2[nH]c1=O)c1ccsc1. The van der Waals surface area contributed by atoms with Crippen LogP contribution >= 0.6 is 11.3 Å². The number of fused-ring (bicyclic) bond motifs is 1. The van der Waals surface area contributed by atoms with Gasteiger partial charge in [-0.15, -0.1) is 0 Å². The Morgan fingerprint density at radius 2 is 2.00 bits per heavy atom. The normalized spacial score (nSPS) is 12.4. The van der Waals surface area contributed by atoms with E-state index in [9.17, 15) is 9.59 Å². The minimum absolute atomic E-state index is 0.0781. The maximum absolute atomic E-state index is 12.5. The van der Waals surface area contributed by atoms with Crippen LogP contribution in [0.25, 0.3) is 10.9 Å². The van der Waals surface area contributed by atoms with Crippen molar-refractivity contribution in [3.8, 4) is 0 Å². The van der Waals surface area contributed by atoms with Crippen LogP contribution in [0.1, 0.15) is 31.0 Å². The highest BCUT2D eigenvalue weighted by atomic mass is 32.1. The highest BCUT2D eigenvalue weighted by Crippen LogP contribution is 2.22. The first-order chi connectivity index (χ1) is 13.1. The predicted molar refractivity (Wildman–Crippen MR) is 111 cm³/mol. The first-order valence-electron chi connectivity index (χ1n) is 9.26. The molecule has 0 saturated carbocycles. The Hall–Kier alpha value is -2.44. The van der Waals surface area contributed by atoms with Crippen molar-refractivity contribution in [2.24, 2.45) is 0 Å². The lowest BCUT2D eigenvalue weighted by Crippen LogP contribution is -2.38. The molecule has 2 aromatic heterocycles. The Bertz CT molecular complexity index is 945. The maximum atomic E-state index is 12.5. The van der Waals surface area contributed by atoms with E-state index in [4.69, 9.17) is 0 Å². The topological polar surface area (TPSA) is 65.2 Å². The molecule has 27 heavy (non-hydrogen) atoms. The molecule has 0 aliphatic heterocycles. The number of H-pyrrole nitrogens is 1. The van der Waals surface area contributed by atoms with E-state index in [2.05, 4.69) is 45.9 Å². The van der Waals surface area contributed by atoms with E-state index in [1.54, 1.807) is 17.4 Å². The third kappa shape index (κ3) is 4.64. The van der Waals surface area contributed by atoms with Crippen molar-refractivity contribution in [3.05, 3.63) is 68.6 Å². The van der Waals surface area contributed by atoms with Gasteiger partial charge in [0.15, 0.2) is 0 Å². The largest absolute Gasteiger partial charge is 0.354 e. The molecule has 0 spiro atoms. The highest BCUT2D eigenvalue weighted by molar-refractivity contribution is 7.07. The molecule has 2 N–H and O–H groups in total. The van der Waals surface area contributed by atoms with E-state index >= 15 is 0 Å². The lowest BCUT2D eigenvalue weighted by Gasteiger charge is -2.29. The van der Waals surface area contributed by atoms with Crippen molar-refractivity contribution >= 4 is 28.1 Å². The molecule has 3 aromatic rings. The predicted octanol–water partition coefficient (Wildman–Crippen LogP) is 3.33. The lowest BCUT2D eigenvalue weighted by atomic mass is 10.1. The minimum Gasteiger partial charge on any atom is -0.354 e. The summed E-state index contributed by atoms with van der Waals surface area (Å²) in [5.41, 5.74) is 2.28. The molecule has 2 heterocycles. The number of aromatic nitrogens is 1. The second-order valence-corrected chi connectivity index (χ2v) is 7.27. The number of carbonyl (C=O) groups excluding carboxylic acids is 1. The standard InChI is InChI=1S/C21H25N3O2S/c1-3-24(4-2)19(16-9-10-27-14-16)13-22-20(25)12-17-11-15-7-5-6-8-18(15)23-21(17)26/h5-11,14,19H,3-4,12-13H2,1-2H3,(H,22,25)(H,23,26)/t19-/m1/s1. The van der Waals surface area contributed by atoms with Crippen LogP contribution < -0.4 is 10.9 Å². The molecule has 3 rings (SSSR count). The van der Waals surface area contributed by atoms with E-state index in [0.717, 1.165) is 24.0 Å². The molecule has 0 fully saturated rings. The average molecular weight is 384 g/mol. The van der Waals surface area contributed by atoms with Crippen LogP contribution in [-0.2, 0) is 11.2 Å². The van der Waals surface area contributed by atoms with Crippen LogP contribution in [-0.4, -0.2) is 35.4 Å². The minimum atomic E-state index is -0.207. The highest BCUT2D eigenvalue weighted by Gasteiger charge is 2.19. The molecule has 0 bridgehead atoms. The summed E-state index contributed by atoms with van der Waals surface area (Å²) in [5.74, 6) is -0.136. The monoisotopic (exact) mass is 383 g/mol. The molecule has 1 amide bonds. The smallest absolute Gasteiger partial charge is 0.252 e. The Labute approximate surface area is 163 Å². The number of pyridine rings is 1. The molecule has 6 heteroatoms. The van der Waals surface area contributed by atoms with Gasteiger partial charge >= 0.3 is 0 Å². The van der Waals surface area contributed by atoms with Crippen LogP contribution in [0.5, 0.6) is 0 Å². The van der Waals surface area contributed by atoms with Gasteiger partial charge in [0, 0.05) is 17.6 Å². The summed E-state index contributed by atoms with van der Waals surface area (Å²) in [6, 6.07) is 11.6. The molecule has 0 unspecified atom stereocenters. The fourth-order valence-electron chi connectivity index (χ4n) is 3.36. The average Bonchev–Trinajstić information content (AvgIpc) is 3.20. The van der Waals surface area contributed by atoms with E-state index in [1.807, 2.05) is 24.3 Å². The first-order valence-corrected chi connectivity index (χ1v) is 10.2. The number of likely N-dealkylation sites (N-methyl/N-ethyl adjacent to an activating group) is 1. The molecule has 5 nitrogen and oxygen atoms in total. The zero-order valence-corrected chi connectivity index (χ0v) is 16.5. The van der Waals surface area contributed by atoms with Gasteiger partial charge in [-0.05, 0) is 53.0 Å². The van der Waals surface area contributed by atoms with Crippen molar-refractivity contribution in [1.29, 1.82) is 0 Å². The molecular weight excluding hydrogens is 358 g/mol. The third-order valence-electron chi connectivity index (χ3n) is 4.86. The van der Waals surface area contributed by atoms with Gasteiger partial charge in [-0.25, -0.2) is 0 Å². The molecule has 0 aliphatic rings. The van der Waals surface area contributed by atoms with Gasteiger partial charge in [0.1, 0.15) is 0 Å². The van der Waals surface area contributed by atoms with Crippen LogP contribution in [0.2, 0.25) is 0 Å². The van der Waals surface area contributed by atoms with Gasteiger partial charge in [0.05, 0.1) is 12.5 Å². The van der Waals surface area contributed by atoms with Crippen molar-refractivity contribution in [2.75, 3.05) is 19.6 Å². The Kier molecular flexibility index (Phi) is 6.42. The van der Waals surface area contributed by atoms with Crippen LogP contribution in [0.3, 0.4) is 0 Å². The van der Waals surface area contributed by atoms with E-state index in [-0.39, 0.29) is 23.9 Å². The molecule has 1 atom stereocenters. The number of hydrogen-bond acceptors (Lipinski definition) is 4. The summed E-state index contributed by atoms with van der Waals surface area (Å²) in [7, 11) is 0. The van der Waals surface area contributed by atoms with Crippen LogP contribution in [0, 0.1) is 0 Å². The van der Waals surface area contributed by atoms with Gasteiger partial charge in [0.2, 0.25) is 5.91 Å². The number of para-hydroxylation sites is 1. The Morgan fingerprint density at radius 3 is 2.70 bits per heavy atom. The second-order valence-electron chi connectivity index (χ2n) is 6.49. The van der Waals surface area contributed by atoms with Gasteiger partial charge in [-0.1, -0.05) is 32.0 Å². The number of benzene rings is 1. The van der Waals surface area contributed by atoms with Gasteiger partial charge in [0.25, 0.3) is 5.56 Å². The van der Waals surface area contributed by atoms with Crippen molar-refractivity contribution in [1.82, 2.24) is 15.2 Å². The zero-order valence-electron chi connectivity index (χ0n) is 15.7. The number of nitrogens with one attached hydrogen (secondary N) is 2. The molecule has 0 radical (unpaired) electrons. The summed E-state index contributed by atoms with van der Waals surface area (Å²) < 4.78 is 0. The number of nitrogens with zero attached hydrogens (tertiary/aromatic N) is 1. The van der Waals surface area contributed by atoms with Crippen LogP contribution in [0.4, 0.5) is 0 Å². The van der Waals surface area contributed by atoms with E-state index < -0.39 is 0 Å². The first kappa shape index (κ1) is 19.3. The molecule has 0 saturated heterocycles. The quantitative estimate of drug-likeness (QED) is 0.627.